The molecule has 4 nitrogen and oxygen atoms in total. The van der Waals surface area contributed by atoms with Crippen LogP contribution in [0.3, 0.4) is 0 Å². The molecule has 3 rings (SSSR count). The third kappa shape index (κ3) is 2.66. The molecule has 2 aromatic carbocycles. The zero-order chi connectivity index (χ0) is 17.3. The first-order valence-corrected chi connectivity index (χ1v) is 8.62. The second-order valence-electron chi connectivity index (χ2n) is 5.86. The SMILES string of the molecule is COc1cc(Br)c([C@@H]2c3ccccc3C[C@H]2CO)c(OC)c1OC. The van der Waals surface area contributed by atoms with Crippen molar-refractivity contribution in [1.82, 2.24) is 0 Å². The molecule has 0 amide bonds. The molecule has 128 valence electrons. The minimum atomic E-state index is 0.0373. The van der Waals surface area contributed by atoms with Gasteiger partial charge in [-0.15, -0.1) is 0 Å². The zero-order valence-corrected chi connectivity index (χ0v) is 15.6. The first kappa shape index (κ1) is 17.1. The molecule has 0 aliphatic heterocycles. The summed E-state index contributed by atoms with van der Waals surface area (Å²) in [4.78, 5) is 0. The molecule has 0 aromatic heterocycles. The summed E-state index contributed by atoms with van der Waals surface area (Å²) in [5.74, 6) is 1.96. The van der Waals surface area contributed by atoms with Crippen LogP contribution in [-0.4, -0.2) is 33.0 Å². The van der Waals surface area contributed by atoms with Crippen LogP contribution in [0.5, 0.6) is 17.2 Å². The number of methoxy groups -OCH3 is 3. The van der Waals surface area contributed by atoms with Crippen molar-refractivity contribution in [3.05, 3.63) is 51.5 Å². The summed E-state index contributed by atoms with van der Waals surface area (Å²) >= 11 is 3.66. The first-order chi connectivity index (χ1) is 11.7. The Labute approximate surface area is 150 Å². The van der Waals surface area contributed by atoms with Crippen LogP contribution in [0.25, 0.3) is 0 Å². The van der Waals surface area contributed by atoms with E-state index >= 15 is 0 Å². The minimum absolute atomic E-state index is 0.0373. The van der Waals surface area contributed by atoms with Crippen molar-refractivity contribution in [3.63, 3.8) is 0 Å². The molecule has 0 heterocycles. The predicted octanol–water partition coefficient (Wildman–Crippen LogP) is 3.77. The molecule has 1 N–H and O–H groups in total. The summed E-state index contributed by atoms with van der Waals surface area (Å²) in [5.41, 5.74) is 3.48. The van der Waals surface area contributed by atoms with Crippen molar-refractivity contribution >= 4 is 15.9 Å². The lowest BCUT2D eigenvalue weighted by atomic mass is 9.85. The smallest absolute Gasteiger partial charge is 0.203 e. The fourth-order valence-corrected chi connectivity index (χ4v) is 4.31. The van der Waals surface area contributed by atoms with E-state index < -0.39 is 0 Å². The van der Waals surface area contributed by atoms with Crippen molar-refractivity contribution in [2.45, 2.75) is 12.3 Å². The monoisotopic (exact) mass is 392 g/mol. The summed E-state index contributed by atoms with van der Waals surface area (Å²) in [6.45, 7) is 0.114. The van der Waals surface area contributed by atoms with Crippen LogP contribution in [0, 0.1) is 5.92 Å². The Bertz CT molecular complexity index is 744. The molecule has 0 spiro atoms. The number of hydrogen-bond donors (Lipinski definition) is 1. The normalized spacial score (nSPS) is 19.0. The largest absolute Gasteiger partial charge is 0.493 e. The topological polar surface area (TPSA) is 47.9 Å². The van der Waals surface area contributed by atoms with Gasteiger partial charge in [0.25, 0.3) is 0 Å². The summed E-state index contributed by atoms with van der Waals surface area (Å²) < 4.78 is 17.5. The van der Waals surface area contributed by atoms with Crippen LogP contribution in [0.4, 0.5) is 0 Å². The number of halogens is 1. The molecule has 0 saturated carbocycles. The number of rotatable bonds is 5. The molecule has 2 aromatic rings. The second kappa shape index (κ2) is 7.03. The molecule has 1 aliphatic rings. The van der Waals surface area contributed by atoms with E-state index in [1.807, 2.05) is 18.2 Å². The van der Waals surface area contributed by atoms with E-state index in [1.165, 1.54) is 11.1 Å². The van der Waals surface area contributed by atoms with Crippen LogP contribution in [0.2, 0.25) is 0 Å². The highest BCUT2D eigenvalue weighted by Gasteiger charge is 2.37. The van der Waals surface area contributed by atoms with Crippen molar-refractivity contribution in [1.29, 1.82) is 0 Å². The molecule has 2 atom stereocenters. The van der Waals surface area contributed by atoms with Gasteiger partial charge >= 0.3 is 0 Å². The first-order valence-electron chi connectivity index (χ1n) is 7.83. The van der Waals surface area contributed by atoms with Crippen molar-refractivity contribution < 1.29 is 19.3 Å². The summed E-state index contributed by atoms with van der Waals surface area (Å²) in [7, 11) is 4.83. The molecule has 0 radical (unpaired) electrons. The van der Waals surface area contributed by atoms with Crippen LogP contribution < -0.4 is 14.2 Å². The molecular formula is C19H21BrO4. The standard InChI is InChI=1S/C19H21BrO4/c1-22-15-9-14(20)17(19(24-3)18(15)23-2)16-12(10-21)8-11-6-4-5-7-13(11)16/h4-7,9,12,16,21H,8,10H2,1-3H3/t12-,16-/m0/s1. The van der Waals surface area contributed by atoms with Gasteiger partial charge in [-0.25, -0.2) is 0 Å². The van der Waals surface area contributed by atoms with Gasteiger partial charge in [-0.3, -0.25) is 0 Å². The third-order valence-electron chi connectivity index (χ3n) is 4.71. The Hall–Kier alpha value is -1.72. The molecule has 24 heavy (non-hydrogen) atoms. The Morgan fingerprint density at radius 1 is 1.08 bits per heavy atom. The van der Waals surface area contributed by atoms with Gasteiger partial charge in [-0.05, 0) is 29.5 Å². The van der Waals surface area contributed by atoms with E-state index in [4.69, 9.17) is 14.2 Å². The van der Waals surface area contributed by atoms with Crippen LogP contribution in [-0.2, 0) is 6.42 Å². The van der Waals surface area contributed by atoms with Gasteiger partial charge in [0.1, 0.15) is 0 Å². The van der Waals surface area contributed by atoms with Gasteiger partial charge in [0, 0.05) is 22.6 Å². The molecule has 5 heteroatoms. The summed E-state index contributed by atoms with van der Waals surface area (Å²) in [6, 6.07) is 10.2. The van der Waals surface area contributed by atoms with E-state index in [-0.39, 0.29) is 18.4 Å². The van der Waals surface area contributed by atoms with Crippen molar-refractivity contribution in [3.8, 4) is 17.2 Å². The lowest BCUT2D eigenvalue weighted by Gasteiger charge is -2.25. The maximum atomic E-state index is 9.94. The number of benzene rings is 2. The zero-order valence-electron chi connectivity index (χ0n) is 14.0. The average Bonchev–Trinajstić information content (AvgIpc) is 2.98. The van der Waals surface area contributed by atoms with Crippen LogP contribution in [0.1, 0.15) is 22.6 Å². The Morgan fingerprint density at radius 2 is 1.79 bits per heavy atom. The molecule has 0 saturated heterocycles. The number of hydrogen-bond acceptors (Lipinski definition) is 4. The summed E-state index contributed by atoms with van der Waals surface area (Å²) in [6.07, 6.45) is 0.848. The molecule has 0 unspecified atom stereocenters. The average molecular weight is 393 g/mol. The Morgan fingerprint density at radius 3 is 2.42 bits per heavy atom. The number of aliphatic hydroxyl groups excluding tert-OH is 1. The lowest BCUT2D eigenvalue weighted by Crippen LogP contribution is -2.15. The summed E-state index contributed by atoms with van der Waals surface area (Å²) in [5, 5.41) is 9.94. The van der Waals surface area contributed by atoms with Crippen LogP contribution >= 0.6 is 15.9 Å². The van der Waals surface area contributed by atoms with Gasteiger partial charge in [0.05, 0.1) is 21.3 Å². The molecular weight excluding hydrogens is 372 g/mol. The van der Waals surface area contributed by atoms with Crippen molar-refractivity contribution in [2.24, 2.45) is 5.92 Å². The highest BCUT2D eigenvalue weighted by Crippen LogP contribution is 2.53. The maximum absolute atomic E-state index is 9.94. The minimum Gasteiger partial charge on any atom is -0.493 e. The number of fused-ring (bicyclic) bond motifs is 1. The second-order valence-corrected chi connectivity index (χ2v) is 6.72. The van der Waals surface area contributed by atoms with Gasteiger partial charge in [0.2, 0.25) is 5.75 Å². The van der Waals surface area contributed by atoms with Gasteiger partial charge < -0.3 is 19.3 Å². The van der Waals surface area contributed by atoms with Gasteiger partial charge in [-0.1, -0.05) is 40.2 Å². The van der Waals surface area contributed by atoms with E-state index in [0.717, 1.165) is 16.5 Å². The van der Waals surface area contributed by atoms with E-state index in [9.17, 15) is 5.11 Å². The predicted molar refractivity (Wildman–Crippen MR) is 96.4 cm³/mol. The maximum Gasteiger partial charge on any atom is 0.203 e. The fourth-order valence-electron chi connectivity index (χ4n) is 3.68. The lowest BCUT2D eigenvalue weighted by molar-refractivity contribution is 0.219. The highest BCUT2D eigenvalue weighted by atomic mass is 79.9. The number of ether oxygens (including phenoxy) is 3. The highest BCUT2D eigenvalue weighted by molar-refractivity contribution is 9.10. The third-order valence-corrected chi connectivity index (χ3v) is 5.36. The van der Waals surface area contributed by atoms with Gasteiger partial charge in [-0.2, -0.15) is 0 Å². The molecule has 0 bridgehead atoms. The Balaban J connectivity index is 2.25. The molecule has 1 aliphatic carbocycles. The number of aliphatic hydroxyl groups is 1. The van der Waals surface area contributed by atoms with E-state index in [1.54, 1.807) is 21.3 Å². The quantitative estimate of drug-likeness (QED) is 0.840. The van der Waals surface area contributed by atoms with Crippen molar-refractivity contribution in [2.75, 3.05) is 27.9 Å². The molecule has 0 fully saturated rings. The van der Waals surface area contributed by atoms with E-state index in [0.29, 0.717) is 17.2 Å². The van der Waals surface area contributed by atoms with Crippen LogP contribution in [0.15, 0.2) is 34.8 Å². The van der Waals surface area contributed by atoms with Gasteiger partial charge in [0.15, 0.2) is 11.5 Å². The van der Waals surface area contributed by atoms with E-state index in [2.05, 4.69) is 28.1 Å². The fraction of sp³-hybridized carbons (Fsp3) is 0.368. The Kier molecular flexibility index (Phi) is 5.01.